The van der Waals surface area contributed by atoms with E-state index in [1.807, 2.05) is 6.07 Å². The van der Waals surface area contributed by atoms with Gasteiger partial charge >= 0.3 is 0 Å². The Bertz CT molecular complexity index is 571. The van der Waals surface area contributed by atoms with E-state index in [9.17, 15) is 0 Å². The third kappa shape index (κ3) is 1.39. The summed E-state index contributed by atoms with van der Waals surface area (Å²) in [6.45, 7) is 4.29. The summed E-state index contributed by atoms with van der Waals surface area (Å²) in [6.07, 6.45) is 0. The lowest BCUT2D eigenvalue weighted by molar-refractivity contribution is 0.417. The molecule has 90 valence electrons. The first-order chi connectivity index (χ1) is 8.24. The molecule has 17 heavy (non-hydrogen) atoms. The molecular formula is C14H18N2O. The summed E-state index contributed by atoms with van der Waals surface area (Å²) in [7, 11) is 3.88. The molecule has 1 atom stereocenters. The number of hydrogen-bond donors (Lipinski definition) is 1. The van der Waals surface area contributed by atoms with Gasteiger partial charge in [0.1, 0.15) is 5.75 Å². The quantitative estimate of drug-likeness (QED) is 0.814. The smallest absolute Gasteiger partial charge is 0.143 e. The molecule has 3 heteroatoms. The van der Waals surface area contributed by atoms with Crippen LogP contribution in [0.2, 0.25) is 0 Å². The van der Waals surface area contributed by atoms with Crippen LogP contribution in [0.3, 0.4) is 0 Å². The molecule has 0 spiro atoms. The van der Waals surface area contributed by atoms with Crippen LogP contribution in [0.5, 0.6) is 5.75 Å². The molecule has 0 amide bonds. The molecule has 1 aliphatic heterocycles. The Morgan fingerprint density at radius 1 is 1.41 bits per heavy atom. The lowest BCUT2D eigenvalue weighted by Crippen LogP contribution is -2.27. The highest BCUT2D eigenvalue weighted by Gasteiger charge is 2.24. The van der Waals surface area contributed by atoms with Gasteiger partial charge in [0.2, 0.25) is 0 Å². The molecule has 3 rings (SSSR count). The van der Waals surface area contributed by atoms with Gasteiger partial charge in [0.05, 0.1) is 12.6 Å². The molecule has 1 N–H and O–H groups in total. The second kappa shape index (κ2) is 3.77. The van der Waals surface area contributed by atoms with Gasteiger partial charge in [0.25, 0.3) is 0 Å². The monoisotopic (exact) mass is 230 g/mol. The Labute approximate surface area is 101 Å². The third-order valence-electron chi connectivity index (χ3n) is 3.77. The summed E-state index contributed by atoms with van der Waals surface area (Å²) >= 11 is 0. The van der Waals surface area contributed by atoms with Crippen LogP contribution in [0.4, 0.5) is 0 Å². The van der Waals surface area contributed by atoms with Gasteiger partial charge in [0.15, 0.2) is 0 Å². The lowest BCUT2D eigenvalue weighted by atomic mass is 9.98. The van der Waals surface area contributed by atoms with Crippen LogP contribution in [0, 0.1) is 0 Å². The van der Waals surface area contributed by atoms with Crippen molar-refractivity contribution in [3.05, 3.63) is 29.5 Å². The molecule has 2 heterocycles. The van der Waals surface area contributed by atoms with Crippen molar-refractivity contribution in [3.8, 4) is 5.75 Å². The zero-order valence-corrected chi connectivity index (χ0v) is 10.6. The average Bonchev–Trinajstić information content (AvgIpc) is 2.65. The van der Waals surface area contributed by atoms with Gasteiger partial charge in [-0.1, -0.05) is 19.1 Å². The molecule has 0 saturated heterocycles. The third-order valence-corrected chi connectivity index (χ3v) is 3.77. The van der Waals surface area contributed by atoms with Crippen molar-refractivity contribution in [2.45, 2.75) is 19.4 Å². The van der Waals surface area contributed by atoms with Crippen molar-refractivity contribution >= 4 is 10.9 Å². The maximum absolute atomic E-state index is 5.48. The number of methoxy groups -OCH3 is 1. The minimum absolute atomic E-state index is 0.556. The van der Waals surface area contributed by atoms with Gasteiger partial charge in [-0.2, -0.15) is 0 Å². The molecular weight excluding hydrogens is 212 g/mol. The van der Waals surface area contributed by atoms with E-state index < -0.39 is 0 Å². The van der Waals surface area contributed by atoms with Crippen molar-refractivity contribution in [3.63, 3.8) is 0 Å². The number of aryl methyl sites for hydroxylation is 1. The number of para-hydroxylation sites is 1. The number of fused-ring (bicyclic) bond motifs is 3. The van der Waals surface area contributed by atoms with Crippen LogP contribution in [0.1, 0.15) is 24.1 Å². The van der Waals surface area contributed by atoms with E-state index in [1.54, 1.807) is 7.11 Å². The first-order valence-corrected chi connectivity index (χ1v) is 6.09. The van der Waals surface area contributed by atoms with Crippen LogP contribution in [-0.2, 0) is 13.6 Å². The fourth-order valence-electron chi connectivity index (χ4n) is 3.06. The zero-order chi connectivity index (χ0) is 12.0. The molecule has 3 nitrogen and oxygen atoms in total. The molecule has 0 fully saturated rings. The normalized spacial score (nSPS) is 19.4. The summed E-state index contributed by atoms with van der Waals surface area (Å²) in [5, 5.41) is 4.80. The van der Waals surface area contributed by atoms with Gasteiger partial charge in [-0.25, -0.2) is 0 Å². The molecule has 2 aromatic rings. The first kappa shape index (κ1) is 10.7. The van der Waals surface area contributed by atoms with Crippen LogP contribution >= 0.6 is 0 Å². The lowest BCUT2D eigenvalue weighted by Gasteiger charge is -2.22. The largest absolute Gasteiger partial charge is 0.495 e. The number of benzene rings is 1. The Hall–Kier alpha value is -1.48. The minimum Gasteiger partial charge on any atom is -0.495 e. The molecule has 1 aliphatic rings. The molecule has 1 aromatic heterocycles. The predicted octanol–water partition coefficient (Wildman–Crippen LogP) is 2.39. The molecule has 0 saturated carbocycles. The highest BCUT2D eigenvalue weighted by molar-refractivity contribution is 5.90. The van der Waals surface area contributed by atoms with Crippen LogP contribution in [0.25, 0.3) is 10.9 Å². The number of aromatic nitrogens is 1. The molecule has 0 bridgehead atoms. The SMILES string of the molecule is COc1cccc2c3c(n(C)c12)C(C)CNC3. The molecule has 0 aliphatic carbocycles. The Morgan fingerprint density at radius 2 is 2.24 bits per heavy atom. The van der Waals surface area contributed by atoms with E-state index in [0.29, 0.717) is 5.92 Å². The summed E-state index contributed by atoms with van der Waals surface area (Å²) in [6, 6.07) is 6.29. The van der Waals surface area contributed by atoms with E-state index >= 15 is 0 Å². The predicted molar refractivity (Wildman–Crippen MR) is 69.6 cm³/mol. The van der Waals surface area contributed by atoms with E-state index in [0.717, 1.165) is 18.8 Å². The zero-order valence-electron chi connectivity index (χ0n) is 10.6. The maximum atomic E-state index is 5.48. The average molecular weight is 230 g/mol. The second-order valence-corrected chi connectivity index (χ2v) is 4.81. The molecule has 1 unspecified atom stereocenters. The van der Waals surface area contributed by atoms with E-state index in [1.165, 1.54) is 22.2 Å². The summed E-state index contributed by atoms with van der Waals surface area (Å²) < 4.78 is 7.78. The number of nitrogens with one attached hydrogen (secondary N) is 1. The van der Waals surface area contributed by atoms with Gasteiger partial charge < -0.3 is 14.6 Å². The summed E-state index contributed by atoms with van der Waals surface area (Å²) in [5.74, 6) is 1.52. The molecule has 1 aromatic carbocycles. The first-order valence-electron chi connectivity index (χ1n) is 6.09. The van der Waals surface area contributed by atoms with Crippen molar-refractivity contribution in [2.75, 3.05) is 13.7 Å². The van der Waals surface area contributed by atoms with Crippen LogP contribution in [0.15, 0.2) is 18.2 Å². The standard InChI is InChI=1S/C14H18N2O/c1-9-7-15-8-11-10-5-4-6-12(17-3)14(10)16(2)13(9)11/h4-6,9,15H,7-8H2,1-3H3. The fraction of sp³-hybridized carbons (Fsp3) is 0.429. The van der Waals surface area contributed by atoms with Crippen LogP contribution < -0.4 is 10.1 Å². The summed E-state index contributed by atoms with van der Waals surface area (Å²) in [4.78, 5) is 0. The van der Waals surface area contributed by atoms with E-state index in [-0.39, 0.29) is 0 Å². The highest BCUT2D eigenvalue weighted by atomic mass is 16.5. The fourth-order valence-corrected chi connectivity index (χ4v) is 3.06. The second-order valence-electron chi connectivity index (χ2n) is 4.81. The summed E-state index contributed by atoms with van der Waals surface area (Å²) in [5.41, 5.74) is 4.10. The topological polar surface area (TPSA) is 26.2 Å². The van der Waals surface area contributed by atoms with Gasteiger partial charge in [-0.05, 0) is 11.6 Å². The van der Waals surface area contributed by atoms with Gasteiger partial charge in [-0.15, -0.1) is 0 Å². The Balaban J connectivity index is 2.40. The number of nitrogens with zero attached hydrogens (tertiary/aromatic N) is 1. The Morgan fingerprint density at radius 3 is 3.00 bits per heavy atom. The van der Waals surface area contributed by atoms with E-state index in [2.05, 4.69) is 36.0 Å². The number of rotatable bonds is 1. The minimum atomic E-state index is 0.556. The highest BCUT2D eigenvalue weighted by Crippen LogP contribution is 2.36. The number of hydrogen-bond acceptors (Lipinski definition) is 2. The van der Waals surface area contributed by atoms with Crippen molar-refractivity contribution in [1.29, 1.82) is 0 Å². The van der Waals surface area contributed by atoms with Crippen LogP contribution in [-0.4, -0.2) is 18.2 Å². The number of ether oxygens (including phenoxy) is 1. The van der Waals surface area contributed by atoms with E-state index in [4.69, 9.17) is 4.74 Å². The molecule has 0 radical (unpaired) electrons. The van der Waals surface area contributed by atoms with Gasteiger partial charge in [-0.3, -0.25) is 0 Å². The van der Waals surface area contributed by atoms with Crippen molar-refractivity contribution in [2.24, 2.45) is 7.05 Å². The maximum Gasteiger partial charge on any atom is 0.143 e. The van der Waals surface area contributed by atoms with Crippen molar-refractivity contribution < 1.29 is 4.74 Å². The van der Waals surface area contributed by atoms with Gasteiger partial charge in [0, 0.05) is 37.1 Å². The van der Waals surface area contributed by atoms with Crippen molar-refractivity contribution in [1.82, 2.24) is 9.88 Å². The Kier molecular flexibility index (Phi) is 2.37.